The van der Waals surface area contributed by atoms with Crippen molar-refractivity contribution in [3.63, 3.8) is 0 Å². The maximum Gasteiger partial charge on any atom is 0.0991 e. The number of hydrogen-bond acceptors (Lipinski definition) is 4. The normalized spacial score (nSPS) is 16.6. The second kappa shape index (κ2) is 6.39. The van der Waals surface area contributed by atoms with E-state index in [4.69, 9.17) is 15.1 Å². The Kier molecular flexibility index (Phi) is 4.57. The molecular formula is C14H18N2O2. The average molecular weight is 246 g/mol. The highest BCUT2D eigenvalue weighted by Gasteiger charge is 2.19. The lowest BCUT2D eigenvalue weighted by Crippen LogP contribution is -2.37. The van der Waals surface area contributed by atoms with Gasteiger partial charge in [0.1, 0.15) is 0 Å². The number of hydrogen-bond donors (Lipinski definition) is 1. The van der Waals surface area contributed by atoms with E-state index in [0.717, 1.165) is 31.6 Å². The van der Waals surface area contributed by atoms with E-state index < -0.39 is 0 Å². The smallest absolute Gasteiger partial charge is 0.0991 e. The van der Waals surface area contributed by atoms with Crippen molar-refractivity contribution in [3.8, 4) is 6.07 Å². The highest BCUT2D eigenvalue weighted by Crippen LogP contribution is 2.21. The third kappa shape index (κ3) is 3.22. The van der Waals surface area contributed by atoms with Crippen molar-refractivity contribution >= 4 is 5.69 Å². The molecule has 0 aliphatic carbocycles. The van der Waals surface area contributed by atoms with Gasteiger partial charge in [-0.3, -0.25) is 0 Å². The Balaban J connectivity index is 1.87. The monoisotopic (exact) mass is 246 g/mol. The zero-order chi connectivity index (χ0) is 12.8. The molecule has 1 aromatic rings. The Hall–Kier alpha value is -1.57. The Labute approximate surface area is 107 Å². The molecule has 0 aromatic heterocycles. The first-order valence-electron chi connectivity index (χ1n) is 6.31. The topological polar surface area (TPSA) is 56.5 Å². The number of ether oxygens (including phenoxy) is 1. The van der Waals surface area contributed by atoms with Crippen molar-refractivity contribution in [2.24, 2.45) is 0 Å². The molecule has 4 heteroatoms. The molecule has 1 aliphatic rings. The summed E-state index contributed by atoms with van der Waals surface area (Å²) in [6, 6.07) is 9.81. The minimum Gasteiger partial charge on any atom is -0.394 e. The van der Waals surface area contributed by atoms with Crippen molar-refractivity contribution in [3.05, 3.63) is 29.8 Å². The minimum absolute atomic E-state index is 0.0931. The van der Waals surface area contributed by atoms with Crippen LogP contribution in [0.25, 0.3) is 0 Å². The molecule has 0 saturated carbocycles. The van der Waals surface area contributed by atoms with Gasteiger partial charge in [0.05, 0.1) is 31.0 Å². The first kappa shape index (κ1) is 12.9. The molecule has 0 radical (unpaired) electrons. The fourth-order valence-electron chi connectivity index (χ4n) is 2.25. The highest BCUT2D eigenvalue weighted by atomic mass is 16.5. The Morgan fingerprint density at radius 2 is 1.94 bits per heavy atom. The van der Waals surface area contributed by atoms with Crippen molar-refractivity contribution in [1.82, 2.24) is 0 Å². The summed E-state index contributed by atoms with van der Waals surface area (Å²) in [6.07, 6.45) is 2.24. The summed E-state index contributed by atoms with van der Waals surface area (Å²) in [5.41, 5.74) is 1.86. The van der Waals surface area contributed by atoms with E-state index in [2.05, 4.69) is 11.0 Å². The van der Waals surface area contributed by atoms with E-state index in [1.54, 1.807) is 0 Å². The zero-order valence-electron chi connectivity index (χ0n) is 10.4. The standard InChI is InChI=1S/C14H18N2O2/c15-11-12-1-3-13(4-2-12)16-7-5-14(6-8-16)18-10-9-17/h1-4,14,17H,5-10H2. The molecule has 1 saturated heterocycles. The van der Waals surface area contributed by atoms with Crippen LogP contribution in [0.4, 0.5) is 5.69 Å². The molecule has 96 valence electrons. The van der Waals surface area contributed by atoms with E-state index in [-0.39, 0.29) is 12.7 Å². The molecule has 1 N–H and O–H groups in total. The van der Waals surface area contributed by atoms with Crippen LogP contribution < -0.4 is 4.90 Å². The van der Waals surface area contributed by atoms with Gasteiger partial charge in [0.15, 0.2) is 0 Å². The number of benzene rings is 1. The highest BCUT2D eigenvalue weighted by molar-refractivity contribution is 5.49. The fraction of sp³-hybridized carbons (Fsp3) is 0.500. The molecular weight excluding hydrogens is 228 g/mol. The van der Waals surface area contributed by atoms with E-state index in [9.17, 15) is 0 Å². The van der Waals surface area contributed by atoms with Crippen LogP contribution in [0.1, 0.15) is 18.4 Å². The van der Waals surface area contributed by atoms with Crippen LogP contribution in [0.15, 0.2) is 24.3 Å². The lowest BCUT2D eigenvalue weighted by molar-refractivity contribution is 0.0159. The van der Waals surface area contributed by atoms with Crippen LogP contribution in [-0.4, -0.2) is 37.5 Å². The average Bonchev–Trinajstić information content (AvgIpc) is 2.46. The molecule has 0 amide bonds. The van der Waals surface area contributed by atoms with Gasteiger partial charge in [0.2, 0.25) is 0 Å². The lowest BCUT2D eigenvalue weighted by atomic mass is 10.1. The molecule has 1 fully saturated rings. The summed E-state index contributed by atoms with van der Waals surface area (Å²) in [5, 5.41) is 17.5. The molecule has 1 aliphatic heterocycles. The largest absolute Gasteiger partial charge is 0.394 e. The number of nitrogens with zero attached hydrogens (tertiary/aromatic N) is 2. The van der Waals surface area contributed by atoms with Crippen LogP contribution in [0.2, 0.25) is 0 Å². The Morgan fingerprint density at radius 3 is 2.50 bits per heavy atom. The van der Waals surface area contributed by atoms with Crippen molar-refractivity contribution in [2.45, 2.75) is 18.9 Å². The Bertz CT molecular complexity index is 403. The number of aliphatic hydroxyl groups excluding tert-OH is 1. The molecule has 1 aromatic carbocycles. The number of anilines is 1. The van der Waals surface area contributed by atoms with E-state index >= 15 is 0 Å². The van der Waals surface area contributed by atoms with Crippen molar-refractivity contribution in [2.75, 3.05) is 31.2 Å². The van der Waals surface area contributed by atoms with Gasteiger partial charge in [0, 0.05) is 18.8 Å². The summed E-state index contributed by atoms with van der Waals surface area (Å²) in [5.74, 6) is 0. The van der Waals surface area contributed by atoms with Gasteiger partial charge in [-0.2, -0.15) is 5.26 Å². The quantitative estimate of drug-likeness (QED) is 0.875. The summed E-state index contributed by atoms with van der Waals surface area (Å²) in [7, 11) is 0. The first-order chi connectivity index (χ1) is 8.83. The van der Waals surface area contributed by atoms with E-state index in [1.165, 1.54) is 0 Å². The van der Waals surface area contributed by atoms with Gasteiger partial charge in [0.25, 0.3) is 0 Å². The third-order valence-corrected chi connectivity index (χ3v) is 3.25. The predicted molar refractivity (Wildman–Crippen MR) is 69.4 cm³/mol. The fourth-order valence-corrected chi connectivity index (χ4v) is 2.25. The molecule has 0 atom stereocenters. The molecule has 18 heavy (non-hydrogen) atoms. The summed E-state index contributed by atoms with van der Waals surface area (Å²) >= 11 is 0. The number of aliphatic hydroxyl groups is 1. The van der Waals surface area contributed by atoms with Gasteiger partial charge in [-0.15, -0.1) is 0 Å². The molecule has 1 heterocycles. The number of rotatable bonds is 4. The van der Waals surface area contributed by atoms with Gasteiger partial charge >= 0.3 is 0 Å². The third-order valence-electron chi connectivity index (χ3n) is 3.25. The van der Waals surface area contributed by atoms with Gasteiger partial charge in [-0.25, -0.2) is 0 Å². The van der Waals surface area contributed by atoms with Crippen LogP contribution in [-0.2, 0) is 4.74 Å². The number of nitriles is 1. The predicted octanol–water partition coefficient (Wildman–Crippen LogP) is 1.54. The molecule has 0 bridgehead atoms. The van der Waals surface area contributed by atoms with Gasteiger partial charge in [-0.1, -0.05) is 0 Å². The second-order valence-electron chi connectivity index (χ2n) is 4.44. The molecule has 4 nitrogen and oxygen atoms in total. The van der Waals surface area contributed by atoms with Gasteiger partial charge < -0.3 is 14.7 Å². The summed E-state index contributed by atoms with van der Waals surface area (Å²) < 4.78 is 5.53. The van der Waals surface area contributed by atoms with Crippen LogP contribution >= 0.6 is 0 Å². The Morgan fingerprint density at radius 1 is 1.28 bits per heavy atom. The summed E-state index contributed by atoms with van der Waals surface area (Å²) in [6.45, 7) is 2.45. The van der Waals surface area contributed by atoms with Crippen LogP contribution in [0, 0.1) is 11.3 Å². The van der Waals surface area contributed by atoms with Crippen LogP contribution in [0.5, 0.6) is 0 Å². The van der Waals surface area contributed by atoms with Crippen LogP contribution in [0.3, 0.4) is 0 Å². The minimum atomic E-state index is 0.0931. The lowest BCUT2D eigenvalue weighted by Gasteiger charge is -2.33. The van der Waals surface area contributed by atoms with E-state index in [0.29, 0.717) is 12.2 Å². The summed E-state index contributed by atoms with van der Waals surface area (Å²) in [4.78, 5) is 2.31. The molecule has 0 spiro atoms. The number of piperidine rings is 1. The van der Waals surface area contributed by atoms with Crippen molar-refractivity contribution < 1.29 is 9.84 Å². The maximum absolute atomic E-state index is 8.76. The first-order valence-corrected chi connectivity index (χ1v) is 6.31. The van der Waals surface area contributed by atoms with Crippen molar-refractivity contribution in [1.29, 1.82) is 5.26 Å². The zero-order valence-corrected chi connectivity index (χ0v) is 10.4. The second-order valence-corrected chi connectivity index (χ2v) is 4.44. The molecule has 0 unspecified atom stereocenters. The van der Waals surface area contributed by atoms with Gasteiger partial charge in [-0.05, 0) is 37.1 Å². The maximum atomic E-state index is 8.76. The SMILES string of the molecule is N#Cc1ccc(N2CCC(OCCO)CC2)cc1. The molecule has 2 rings (SSSR count). The van der Waals surface area contributed by atoms with E-state index in [1.807, 2.05) is 24.3 Å².